The lowest BCUT2D eigenvalue weighted by Gasteiger charge is -2.23. The number of carbonyl (C=O) groups excluding carboxylic acids is 1. The molecule has 2 heterocycles. The molecule has 2 aromatic heterocycles. The van der Waals surface area contributed by atoms with Crippen LogP contribution >= 0.6 is 11.3 Å². The van der Waals surface area contributed by atoms with E-state index in [9.17, 15) is 4.79 Å². The Morgan fingerprint density at radius 2 is 1.82 bits per heavy atom. The van der Waals surface area contributed by atoms with E-state index < -0.39 is 0 Å². The van der Waals surface area contributed by atoms with Crippen LogP contribution in [0.5, 0.6) is 0 Å². The van der Waals surface area contributed by atoms with E-state index in [-0.39, 0.29) is 11.3 Å². The van der Waals surface area contributed by atoms with Gasteiger partial charge in [-0.05, 0) is 41.0 Å². The zero-order chi connectivity index (χ0) is 27.0. The van der Waals surface area contributed by atoms with E-state index in [1.54, 1.807) is 11.3 Å². The fourth-order valence-electron chi connectivity index (χ4n) is 4.72. The highest BCUT2D eigenvalue weighted by molar-refractivity contribution is 7.09. The van der Waals surface area contributed by atoms with Gasteiger partial charge in [-0.25, -0.2) is 4.98 Å². The highest BCUT2D eigenvalue weighted by atomic mass is 32.1. The Kier molecular flexibility index (Phi) is 9.75. The van der Waals surface area contributed by atoms with E-state index in [1.165, 1.54) is 40.4 Å². The number of hydrogen-bond acceptors (Lipinski definition) is 4. The van der Waals surface area contributed by atoms with Crippen molar-refractivity contribution in [2.75, 3.05) is 13.1 Å². The highest BCUT2D eigenvalue weighted by Gasteiger charge is 2.16. The maximum Gasteiger partial charge on any atom is 0.270 e. The van der Waals surface area contributed by atoms with Crippen LogP contribution in [0.4, 0.5) is 0 Å². The van der Waals surface area contributed by atoms with Crippen molar-refractivity contribution >= 4 is 28.1 Å². The number of benzene rings is 2. The molecule has 6 heteroatoms. The van der Waals surface area contributed by atoms with E-state index in [1.807, 2.05) is 5.38 Å². The summed E-state index contributed by atoms with van der Waals surface area (Å²) in [5, 5.41) is 7.19. The molecule has 0 aliphatic heterocycles. The van der Waals surface area contributed by atoms with Gasteiger partial charge in [0, 0.05) is 42.1 Å². The van der Waals surface area contributed by atoms with Crippen molar-refractivity contribution in [1.29, 1.82) is 0 Å². The number of amides is 1. The van der Waals surface area contributed by atoms with Gasteiger partial charge in [0.15, 0.2) is 0 Å². The van der Waals surface area contributed by atoms with Crippen LogP contribution in [0.25, 0.3) is 10.9 Å². The normalized spacial score (nSPS) is 11.9. The molecule has 0 unspecified atom stereocenters. The minimum atomic E-state index is -0.0629. The largest absolute Gasteiger partial charge is 0.361 e. The molecule has 0 saturated heterocycles. The summed E-state index contributed by atoms with van der Waals surface area (Å²) < 4.78 is 0. The van der Waals surface area contributed by atoms with Crippen molar-refractivity contribution in [2.24, 2.45) is 0 Å². The van der Waals surface area contributed by atoms with E-state index in [4.69, 9.17) is 4.98 Å². The second-order valence-electron chi connectivity index (χ2n) is 11.2. The molecule has 1 amide bonds. The molecule has 0 aliphatic carbocycles. The first kappa shape index (κ1) is 28.1. The average Bonchev–Trinajstić information content (AvgIpc) is 3.54. The number of aromatic nitrogens is 2. The number of carbonyl (C=O) groups is 1. The first-order chi connectivity index (χ1) is 18.3. The molecular weight excluding hydrogens is 488 g/mol. The van der Waals surface area contributed by atoms with Gasteiger partial charge < -0.3 is 10.3 Å². The van der Waals surface area contributed by atoms with Crippen molar-refractivity contribution in [3.05, 3.63) is 87.5 Å². The van der Waals surface area contributed by atoms with Crippen LogP contribution < -0.4 is 5.32 Å². The number of para-hydroxylation sites is 1. The number of H-pyrrole nitrogens is 1. The zero-order valence-electron chi connectivity index (χ0n) is 23.3. The molecule has 0 saturated carbocycles. The summed E-state index contributed by atoms with van der Waals surface area (Å²) in [5.74, 6) is -0.0629. The summed E-state index contributed by atoms with van der Waals surface area (Å²) in [5.41, 5.74) is 5.82. The summed E-state index contributed by atoms with van der Waals surface area (Å²) in [4.78, 5) is 23.2. The fourth-order valence-corrected chi connectivity index (χ4v) is 5.54. The number of aromatic amines is 1. The van der Waals surface area contributed by atoms with Crippen LogP contribution in [0.3, 0.4) is 0 Å². The van der Waals surface area contributed by atoms with Crippen LogP contribution in [0.2, 0.25) is 0 Å². The van der Waals surface area contributed by atoms with Crippen molar-refractivity contribution in [2.45, 2.75) is 78.3 Å². The average molecular weight is 531 g/mol. The van der Waals surface area contributed by atoms with Crippen LogP contribution in [0.15, 0.2) is 60.1 Å². The fraction of sp³-hybridized carbons (Fsp3) is 0.438. The van der Waals surface area contributed by atoms with E-state index in [2.05, 4.69) is 97.6 Å². The van der Waals surface area contributed by atoms with Crippen molar-refractivity contribution < 1.29 is 4.79 Å². The molecule has 0 spiro atoms. The third-order valence-corrected chi connectivity index (χ3v) is 7.89. The lowest BCUT2D eigenvalue weighted by Crippen LogP contribution is -2.26. The second-order valence-corrected chi connectivity index (χ2v) is 12.2. The van der Waals surface area contributed by atoms with Gasteiger partial charge in [0.1, 0.15) is 10.7 Å². The summed E-state index contributed by atoms with van der Waals surface area (Å²) in [6, 6.07) is 17.5. The molecule has 0 radical (unpaired) electrons. The molecule has 5 nitrogen and oxygen atoms in total. The number of nitrogens with one attached hydrogen (secondary N) is 2. The maximum atomic E-state index is 12.6. The predicted octanol–water partition coefficient (Wildman–Crippen LogP) is 7.48. The molecule has 4 rings (SSSR count). The number of nitrogens with zero attached hydrogens (tertiary/aromatic N) is 2. The van der Waals surface area contributed by atoms with Gasteiger partial charge in [-0.3, -0.25) is 9.69 Å². The number of rotatable bonds is 13. The van der Waals surface area contributed by atoms with Crippen LogP contribution in [-0.4, -0.2) is 33.9 Å². The minimum Gasteiger partial charge on any atom is -0.361 e. The van der Waals surface area contributed by atoms with Crippen molar-refractivity contribution in [1.82, 2.24) is 20.2 Å². The molecule has 202 valence electrons. The Labute approximate surface area is 231 Å². The highest BCUT2D eigenvalue weighted by Crippen LogP contribution is 2.24. The van der Waals surface area contributed by atoms with E-state index in [0.29, 0.717) is 12.2 Å². The summed E-state index contributed by atoms with van der Waals surface area (Å²) in [7, 11) is 0. The van der Waals surface area contributed by atoms with Crippen molar-refractivity contribution in [3.63, 3.8) is 0 Å². The molecule has 2 aromatic carbocycles. The number of fused-ring (bicyclic) bond motifs is 1. The van der Waals surface area contributed by atoms with E-state index in [0.717, 1.165) is 43.9 Å². The van der Waals surface area contributed by atoms with Crippen LogP contribution in [0.1, 0.15) is 85.6 Å². The SMILES string of the molecule is CCCCCCNC(=O)c1csc(CN(CCc2c[nH]c3ccccc23)Cc2ccc(C(C)(C)C)cc2)n1. The molecule has 0 atom stereocenters. The molecule has 0 bridgehead atoms. The quantitative estimate of drug-likeness (QED) is 0.176. The summed E-state index contributed by atoms with van der Waals surface area (Å²) >= 11 is 1.58. The Balaban J connectivity index is 1.43. The third kappa shape index (κ3) is 7.78. The Morgan fingerprint density at radius 1 is 1.03 bits per heavy atom. The van der Waals surface area contributed by atoms with Crippen molar-refractivity contribution in [3.8, 4) is 0 Å². The predicted molar refractivity (Wildman–Crippen MR) is 160 cm³/mol. The lowest BCUT2D eigenvalue weighted by molar-refractivity contribution is 0.0948. The van der Waals surface area contributed by atoms with Gasteiger partial charge in [0.05, 0.1) is 6.54 Å². The topological polar surface area (TPSA) is 61.0 Å². The summed E-state index contributed by atoms with van der Waals surface area (Å²) in [6.45, 7) is 12.1. The number of hydrogen-bond donors (Lipinski definition) is 2. The van der Waals surface area contributed by atoms with Crippen LogP contribution in [0, 0.1) is 0 Å². The Morgan fingerprint density at radius 3 is 2.58 bits per heavy atom. The number of unbranched alkanes of at least 4 members (excludes halogenated alkanes) is 3. The molecule has 2 N–H and O–H groups in total. The standard InChI is InChI=1S/C32H42N4OS/c1-5-6-7-10-18-33-31(37)29-23-38-30(35-29)22-36(21-24-13-15-26(16-14-24)32(2,3)4)19-17-25-20-34-28-12-9-8-11-27(25)28/h8-9,11-16,20,23,34H,5-7,10,17-19,21-22H2,1-4H3,(H,33,37). The van der Waals surface area contributed by atoms with Gasteiger partial charge in [-0.1, -0.05) is 89.4 Å². The smallest absolute Gasteiger partial charge is 0.270 e. The monoisotopic (exact) mass is 530 g/mol. The zero-order valence-corrected chi connectivity index (χ0v) is 24.2. The van der Waals surface area contributed by atoms with Gasteiger partial charge in [-0.2, -0.15) is 0 Å². The second kappa shape index (κ2) is 13.2. The van der Waals surface area contributed by atoms with Crippen LogP contribution in [-0.2, 0) is 24.9 Å². The Hall–Kier alpha value is -2.96. The molecule has 0 aliphatic rings. The lowest BCUT2D eigenvalue weighted by atomic mass is 9.87. The van der Waals surface area contributed by atoms with Gasteiger partial charge >= 0.3 is 0 Å². The molecule has 38 heavy (non-hydrogen) atoms. The Bertz CT molecular complexity index is 1300. The third-order valence-electron chi connectivity index (χ3n) is 7.06. The maximum absolute atomic E-state index is 12.6. The van der Waals surface area contributed by atoms with Gasteiger partial charge in [0.2, 0.25) is 0 Å². The molecule has 0 fully saturated rings. The first-order valence-electron chi connectivity index (χ1n) is 13.9. The van der Waals surface area contributed by atoms with E-state index >= 15 is 0 Å². The number of thiazole rings is 1. The summed E-state index contributed by atoms with van der Waals surface area (Å²) in [6.07, 6.45) is 7.66. The molecule has 4 aromatic rings. The molecular formula is C32H42N4OS. The minimum absolute atomic E-state index is 0.0629. The van der Waals surface area contributed by atoms with Gasteiger partial charge in [0.25, 0.3) is 5.91 Å². The first-order valence-corrected chi connectivity index (χ1v) is 14.8. The van der Waals surface area contributed by atoms with Gasteiger partial charge in [-0.15, -0.1) is 11.3 Å².